The Morgan fingerprint density at radius 1 is 1.23 bits per heavy atom. The minimum absolute atomic E-state index is 0.00496. The van der Waals surface area contributed by atoms with Crippen molar-refractivity contribution in [2.24, 2.45) is 0 Å². The summed E-state index contributed by atoms with van der Waals surface area (Å²) in [6.45, 7) is 4.86. The second-order valence-corrected chi connectivity index (χ2v) is 10.3. The van der Waals surface area contributed by atoms with Crippen LogP contribution in [-0.4, -0.2) is 62.3 Å². The number of methoxy groups -OCH3 is 1. The number of carbonyl (C=O) groups excluding carboxylic acids is 1. The first-order valence-electron chi connectivity index (χ1n) is 10.0. The molecule has 1 saturated heterocycles. The van der Waals surface area contributed by atoms with Gasteiger partial charge in [-0.05, 0) is 30.7 Å². The molecule has 0 atom stereocenters. The van der Waals surface area contributed by atoms with Crippen LogP contribution in [0.15, 0.2) is 24.3 Å². The largest absolute Gasteiger partial charge is 0.494 e. The summed E-state index contributed by atoms with van der Waals surface area (Å²) >= 11 is 15.3. The first-order chi connectivity index (χ1) is 15.0. The summed E-state index contributed by atoms with van der Waals surface area (Å²) in [6.07, 6.45) is 1.13. The smallest absolute Gasteiger partial charge is 0.234 e. The number of rotatable bonds is 8. The number of nitrogens with zero attached hydrogens (tertiary/aromatic N) is 3. The summed E-state index contributed by atoms with van der Waals surface area (Å²) < 4.78 is 12.4. The molecule has 0 aliphatic carbocycles. The lowest BCUT2D eigenvalue weighted by molar-refractivity contribution is -0.118. The highest BCUT2D eigenvalue weighted by Gasteiger charge is 2.23. The van der Waals surface area contributed by atoms with Gasteiger partial charge in [-0.25, -0.2) is 4.98 Å². The van der Waals surface area contributed by atoms with Gasteiger partial charge in [0, 0.05) is 31.1 Å². The van der Waals surface area contributed by atoms with Crippen LogP contribution in [0.5, 0.6) is 5.75 Å². The summed E-state index contributed by atoms with van der Waals surface area (Å²) in [7, 11) is 1.60. The lowest BCUT2D eigenvalue weighted by Gasteiger charge is -2.27. The molecular formula is C21H23Cl2N3O3S2. The molecule has 3 heterocycles. The maximum Gasteiger partial charge on any atom is 0.234 e. The Labute approximate surface area is 199 Å². The Kier molecular flexibility index (Phi) is 7.68. The van der Waals surface area contributed by atoms with Crippen molar-refractivity contribution in [3.05, 3.63) is 38.5 Å². The Bertz CT molecular complexity index is 1050. The molecule has 1 amide bonds. The van der Waals surface area contributed by atoms with E-state index in [1.165, 1.54) is 22.7 Å². The number of ether oxygens (including phenoxy) is 2. The molecule has 3 aromatic rings. The number of hydrogen-bond donors (Lipinski definition) is 0. The van der Waals surface area contributed by atoms with Crippen molar-refractivity contribution < 1.29 is 14.3 Å². The van der Waals surface area contributed by atoms with Gasteiger partial charge >= 0.3 is 0 Å². The highest BCUT2D eigenvalue weighted by atomic mass is 35.5. The zero-order valence-electron chi connectivity index (χ0n) is 17.1. The van der Waals surface area contributed by atoms with Crippen molar-refractivity contribution in [1.29, 1.82) is 0 Å². The van der Waals surface area contributed by atoms with Crippen molar-refractivity contribution in [1.82, 2.24) is 9.88 Å². The summed E-state index contributed by atoms with van der Waals surface area (Å²) in [5.41, 5.74) is 0.681. The normalized spacial score (nSPS) is 14.8. The lowest BCUT2D eigenvalue weighted by atomic mass is 10.3. The van der Waals surface area contributed by atoms with Gasteiger partial charge in [-0.2, -0.15) is 0 Å². The minimum atomic E-state index is -0.00496. The molecule has 6 nitrogen and oxygen atoms in total. The van der Waals surface area contributed by atoms with E-state index in [4.69, 9.17) is 37.7 Å². The van der Waals surface area contributed by atoms with E-state index in [0.717, 1.165) is 48.8 Å². The predicted octanol–water partition coefficient (Wildman–Crippen LogP) is 4.97. The number of morpholine rings is 1. The molecule has 0 radical (unpaired) electrons. The second-order valence-electron chi connectivity index (χ2n) is 7.16. The first kappa shape index (κ1) is 22.8. The fourth-order valence-corrected chi connectivity index (χ4v) is 5.89. The highest BCUT2D eigenvalue weighted by Crippen LogP contribution is 2.39. The van der Waals surface area contributed by atoms with Crippen LogP contribution in [0.25, 0.3) is 10.2 Å². The fourth-order valence-electron chi connectivity index (χ4n) is 3.52. The molecule has 1 aliphatic heterocycles. The van der Waals surface area contributed by atoms with Crippen LogP contribution in [0.2, 0.25) is 9.36 Å². The van der Waals surface area contributed by atoms with Gasteiger partial charge < -0.3 is 9.47 Å². The van der Waals surface area contributed by atoms with Crippen LogP contribution < -0.4 is 9.64 Å². The number of amides is 1. The van der Waals surface area contributed by atoms with Crippen LogP contribution in [0.4, 0.5) is 5.13 Å². The molecule has 0 N–H and O–H groups in total. The molecule has 4 rings (SSSR count). The van der Waals surface area contributed by atoms with Crippen molar-refractivity contribution in [3.8, 4) is 5.75 Å². The van der Waals surface area contributed by atoms with E-state index >= 15 is 0 Å². The quantitative estimate of drug-likeness (QED) is 0.437. The fraction of sp³-hybridized carbons (Fsp3) is 0.429. The molecule has 10 heteroatoms. The Hall–Kier alpha value is -1.42. The predicted molar refractivity (Wildman–Crippen MR) is 128 cm³/mol. The van der Waals surface area contributed by atoms with Crippen LogP contribution in [0.1, 0.15) is 11.3 Å². The summed E-state index contributed by atoms with van der Waals surface area (Å²) in [4.78, 5) is 23.1. The van der Waals surface area contributed by atoms with Gasteiger partial charge in [0.2, 0.25) is 5.91 Å². The van der Waals surface area contributed by atoms with Gasteiger partial charge in [-0.15, -0.1) is 11.3 Å². The van der Waals surface area contributed by atoms with Crippen molar-refractivity contribution in [2.45, 2.75) is 12.8 Å². The van der Waals surface area contributed by atoms with Crippen LogP contribution in [0, 0.1) is 0 Å². The van der Waals surface area contributed by atoms with Crippen LogP contribution in [0.3, 0.4) is 0 Å². The molecule has 1 fully saturated rings. The number of aromatic nitrogens is 1. The van der Waals surface area contributed by atoms with Crippen LogP contribution >= 0.6 is 45.9 Å². The number of thiophene rings is 1. The molecule has 166 valence electrons. The number of anilines is 1. The average molecular weight is 500 g/mol. The van der Waals surface area contributed by atoms with Crippen molar-refractivity contribution in [3.63, 3.8) is 0 Å². The molecule has 0 saturated carbocycles. The van der Waals surface area contributed by atoms with E-state index in [2.05, 4.69) is 4.90 Å². The zero-order valence-corrected chi connectivity index (χ0v) is 20.2. The van der Waals surface area contributed by atoms with Gasteiger partial charge in [0.05, 0.1) is 40.8 Å². The Morgan fingerprint density at radius 3 is 2.74 bits per heavy atom. The highest BCUT2D eigenvalue weighted by molar-refractivity contribution is 7.23. The van der Waals surface area contributed by atoms with Gasteiger partial charge in [0.1, 0.15) is 11.3 Å². The molecule has 2 aromatic heterocycles. The number of carbonyl (C=O) groups is 1. The topological polar surface area (TPSA) is 54.9 Å². The van der Waals surface area contributed by atoms with E-state index in [9.17, 15) is 4.79 Å². The van der Waals surface area contributed by atoms with E-state index < -0.39 is 0 Å². The Balaban J connectivity index is 1.57. The van der Waals surface area contributed by atoms with Gasteiger partial charge in [-0.3, -0.25) is 14.6 Å². The lowest BCUT2D eigenvalue weighted by Crippen LogP contribution is -2.39. The summed E-state index contributed by atoms with van der Waals surface area (Å²) in [5, 5.41) is 1.24. The third-order valence-corrected chi connectivity index (χ3v) is 7.88. The number of halogens is 2. The molecule has 0 unspecified atom stereocenters. The van der Waals surface area contributed by atoms with Gasteiger partial charge in [-0.1, -0.05) is 34.5 Å². The second kappa shape index (κ2) is 10.5. The number of benzene rings is 1. The number of hydrogen-bond acceptors (Lipinski definition) is 7. The zero-order chi connectivity index (χ0) is 21.8. The van der Waals surface area contributed by atoms with E-state index in [-0.39, 0.29) is 12.3 Å². The van der Waals surface area contributed by atoms with Crippen LogP contribution in [-0.2, 0) is 16.0 Å². The van der Waals surface area contributed by atoms with E-state index in [1.807, 2.05) is 12.1 Å². The summed E-state index contributed by atoms with van der Waals surface area (Å²) in [5.74, 6) is 0.641. The number of fused-ring (bicyclic) bond motifs is 1. The maximum atomic E-state index is 13.3. The molecule has 31 heavy (non-hydrogen) atoms. The molecule has 0 bridgehead atoms. The monoisotopic (exact) mass is 499 g/mol. The van der Waals surface area contributed by atoms with Crippen molar-refractivity contribution >= 4 is 67.1 Å². The molecular weight excluding hydrogens is 477 g/mol. The van der Waals surface area contributed by atoms with Gasteiger partial charge in [0.25, 0.3) is 0 Å². The molecule has 1 aromatic carbocycles. The SMILES string of the molecule is COc1ccc(Cl)c2sc(N(CCCN3CCOCC3)C(=O)Cc3ccc(Cl)s3)nc12. The van der Waals surface area contributed by atoms with Gasteiger partial charge in [0.15, 0.2) is 5.13 Å². The maximum absolute atomic E-state index is 13.3. The number of thiazole rings is 1. The standard InChI is InChI=1S/C21H23Cl2N3O3S2/c1-28-16-5-4-15(22)20-19(16)24-21(31-20)26(8-2-7-25-9-11-29-12-10-25)18(27)13-14-3-6-17(23)30-14/h3-6H,2,7-13H2,1H3. The minimum Gasteiger partial charge on any atom is -0.494 e. The Morgan fingerprint density at radius 2 is 2.03 bits per heavy atom. The summed E-state index contributed by atoms with van der Waals surface area (Å²) in [6, 6.07) is 7.31. The molecule has 1 aliphatic rings. The average Bonchev–Trinajstić information content (AvgIpc) is 3.39. The first-order valence-corrected chi connectivity index (χ1v) is 12.4. The van der Waals surface area contributed by atoms with Crippen molar-refractivity contribution in [2.75, 3.05) is 51.4 Å². The van der Waals surface area contributed by atoms with E-state index in [0.29, 0.717) is 32.3 Å². The third-order valence-electron chi connectivity index (χ3n) is 5.11. The van der Waals surface area contributed by atoms with E-state index in [1.54, 1.807) is 24.1 Å². The third kappa shape index (κ3) is 5.50. The molecule has 0 spiro atoms.